The molecule has 1 aliphatic heterocycles. The van der Waals surface area contributed by atoms with Gasteiger partial charge in [0.25, 0.3) is 0 Å². The van der Waals surface area contributed by atoms with Crippen LogP contribution in [-0.2, 0) is 10.6 Å². The number of alkyl halides is 1. The largest absolute Gasteiger partial charge is 0.381 e. The van der Waals surface area contributed by atoms with E-state index < -0.39 is 0 Å². The Bertz CT molecular complexity index is 397. The summed E-state index contributed by atoms with van der Waals surface area (Å²) in [4.78, 5) is 10.3. The normalized spacial score (nSPS) is 19.8. The van der Waals surface area contributed by atoms with Gasteiger partial charge in [0.05, 0.1) is 12.5 Å². The van der Waals surface area contributed by atoms with Crippen LogP contribution in [0.25, 0.3) is 0 Å². The van der Waals surface area contributed by atoms with Crippen LogP contribution in [0, 0.1) is 5.92 Å². The molecule has 0 radical (unpaired) electrons. The van der Waals surface area contributed by atoms with Crippen molar-refractivity contribution in [3.63, 3.8) is 0 Å². The maximum atomic E-state index is 6.03. The van der Waals surface area contributed by atoms with Crippen LogP contribution in [0.3, 0.4) is 0 Å². The summed E-state index contributed by atoms with van der Waals surface area (Å²) < 4.78 is 5.49. The van der Waals surface area contributed by atoms with E-state index in [0.717, 1.165) is 37.6 Å². The third-order valence-electron chi connectivity index (χ3n) is 3.15. The molecule has 0 spiro atoms. The minimum absolute atomic E-state index is 0.320. The summed E-state index contributed by atoms with van der Waals surface area (Å²) in [6, 6.07) is 0. The lowest BCUT2D eigenvalue weighted by Gasteiger charge is -2.28. The monoisotopic (exact) mass is 289 g/mol. The third-order valence-corrected chi connectivity index (χ3v) is 3.74. The molecular weight excluding hydrogens is 273 g/mol. The summed E-state index contributed by atoms with van der Waals surface area (Å²) in [6.07, 6.45) is 3.80. The standard InChI is InChI=1S/C12H17Cl2N3O/c1-17(6-9-3-2-4-18-7-9)12-10(5-13)11(14)15-8-16-12/h8-9H,2-7H2,1H3. The number of anilines is 1. The zero-order valence-corrected chi connectivity index (χ0v) is 11.9. The second-order valence-corrected chi connectivity index (χ2v) is 5.19. The zero-order valence-electron chi connectivity index (χ0n) is 10.4. The van der Waals surface area contributed by atoms with Gasteiger partial charge in [-0.15, -0.1) is 11.6 Å². The molecule has 0 aliphatic carbocycles. The van der Waals surface area contributed by atoms with Gasteiger partial charge in [0.1, 0.15) is 17.3 Å². The smallest absolute Gasteiger partial charge is 0.138 e. The van der Waals surface area contributed by atoms with E-state index in [1.54, 1.807) is 0 Å². The number of hydrogen-bond donors (Lipinski definition) is 0. The summed E-state index contributed by atoms with van der Waals surface area (Å²) in [5, 5.41) is 0.432. The number of nitrogens with zero attached hydrogens (tertiary/aromatic N) is 3. The van der Waals surface area contributed by atoms with Crippen LogP contribution in [0.1, 0.15) is 18.4 Å². The lowest BCUT2D eigenvalue weighted by Crippen LogP contribution is -2.32. The molecular formula is C12H17Cl2N3O. The highest BCUT2D eigenvalue weighted by Crippen LogP contribution is 2.25. The fourth-order valence-corrected chi connectivity index (χ4v) is 2.76. The number of ether oxygens (including phenoxy) is 1. The molecule has 0 saturated carbocycles. The number of aromatic nitrogens is 2. The first-order valence-electron chi connectivity index (χ1n) is 6.06. The molecule has 1 aliphatic rings. The molecule has 1 saturated heterocycles. The molecule has 0 aromatic carbocycles. The third kappa shape index (κ3) is 3.25. The van der Waals surface area contributed by atoms with Gasteiger partial charge < -0.3 is 9.64 Å². The van der Waals surface area contributed by atoms with E-state index in [4.69, 9.17) is 27.9 Å². The summed E-state index contributed by atoms with van der Waals surface area (Å²) in [5.74, 6) is 1.68. The van der Waals surface area contributed by atoms with Gasteiger partial charge in [-0.25, -0.2) is 9.97 Å². The van der Waals surface area contributed by atoms with Crippen LogP contribution in [0.5, 0.6) is 0 Å². The highest BCUT2D eigenvalue weighted by atomic mass is 35.5. The van der Waals surface area contributed by atoms with Gasteiger partial charge in [-0.1, -0.05) is 11.6 Å². The van der Waals surface area contributed by atoms with Crippen molar-refractivity contribution in [1.29, 1.82) is 0 Å². The highest BCUT2D eigenvalue weighted by molar-refractivity contribution is 6.31. The summed E-state index contributed by atoms with van der Waals surface area (Å²) in [6.45, 7) is 2.60. The van der Waals surface area contributed by atoms with E-state index in [1.165, 1.54) is 12.7 Å². The zero-order chi connectivity index (χ0) is 13.0. The van der Waals surface area contributed by atoms with E-state index in [1.807, 2.05) is 7.05 Å². The maximum Gasteiger partial charge on any atom is 0.138 e. The van der Waals surface area contributed by atoms with Crippen LogP contribution >= 0.6 is 23.2 Å². The highest BCUT2D eigenvalue weighted by Gasteiger charge is 2.19. The summed E-state index contributed by atoms with van der Waals surface area (Å²) in [5.41, 5.74) is 0.792. The number of halogens is 2. The van der Waals surface area contributed by atoms with Crippen molar-refractivity contribution >= 4 is 29.0 Å². The lowest BCUT2D eigenvalue weighted by molar-refractivity contribution is 0.0576. The van der Waals surface area contributed by atoms with Gasteiger partial charge >= 0.3 is 0 Å². The topological polar surface area (TPSA) is 38.2 Å². The van der Waals surface area contributed by atoms with E-state index in [9.17, 15) is 0 Å². The first kappa shape index (κ1) is 13.8. The van der Waals surface area contributed by atoms with Crippen LogP contribution in [0.2, 0.25) is 5.15 Å². The average Bonchev–Trinajstić information content (AvgIpc) is 2.39. The molecule has 18 heavy (non-hydrogen) atoms. The first-order valence-corrected chi connectivity index (χ1v) is 6.98. The number of rotatable bonds is 4. The van der Waals surface area contributed by atoms with Crippen molar-refractivity contribution in [2.45, 2.75) is 18.7 Å². The average molecular weight is 290 g/mol. The van der Waals surface area contributed by atoms with Crippen molar-refractivity contribution in [2.24, 2.45) is 5.92 Å². The Morgan fingerprint density at radius 1 is 1.50 bits per heavy atom. The van der Waals surface area contributed by atoms with Crippen molar-refractivity contribution in [2.75, 3.05) is 31.7 Å². The first-order chi connectivity index (χ1) is 8.72. The summed E-state index contributed by atoms with van der Waals surface area (Å²) in [7, 11) is 2.00. The fourth-order valence-electron chi connectivity index (χ4n) is 2.25. The van der Waals surface area contributed by atoms with Crippen LogP contribution in [0.15, 0.2) is 6.33 Å². The lowest BCUT2D eigenvalue weighted by atomic mass is 10.0. The van der Waals surface area contributed by atoms with Crippen molar-refractivity contribution in [1.82, 2.24) is 9.97 Å². The van der Waals surface area contributed by atoms with Gasteiger partial charge in [-0.3, -0.25) is 0 Å². The van der Waals surface area contributed by atoms with Gasteiger partial charge in [0.15, 0.2) is 0 Å². The molecule has 6 heteroatoms. The van der Waals surface area contributed by atoms with Gasteiger partial charge in [0.2, 0.25) is 0 Å². The van der Waals surface area contributed by atoms with Crippen molar-refractivity contribution in [3.8, 4) is 0 Å². The molecule has 100 valence electrons. The second kappa shape index (κ2) is 6.55. The van der Waals surface area contributed by atoms with E-state index in [0.29, 0.717) is 17.0 Å². The van der Waals surface area contributed by atoms with Crippen LogP contribution < -0.4 is 4.90 Å². The van der Waals surface area contributed by atoms with Crippen LogP contribution in [-0.4, -0.2) is 36.8 Å². The Labute approximate surface area is 117 Å². The molecule has 1 unspecified atom stereocenters. The van der Waals surface area contributed by atoms with Gasteiger partial charge in [-0.05, 0) is 18.8 Å². The Morgan fingerprint density at radius 2 is 2.33 bits per heavy atom. The molecule has 1 fully saturated rings. The number of hydrogen-bond acceptors (Lipinski definition) is 4. The van der Waals surface area contributed by atoms with E-state index in [-0.39, 0.29) is 0 Å². The molecule has 1 aromatic rings. The van der Waals surface area contributed by atoms with E-state index in [2.05, 4.69) is 14.9 Å². The van der Waals surface area contributed by atoms with Gasteiger partial charge in [0, 0.05) is 25.8 Å². The van der Waals surface area contributed by atoms with Crippen molar-refractivity contribution in [3.05, 3.63) is 17.0 Å². The van der Waals surface area contributed by atoms with E-state index >= 15 is 0 Å². The minimum Gasteiger partial charge on any atom is -0.381 e. The SMILES string of the molecule is CN(CC1CCCOC1)c1ncnc(Cl)c1CCl. The van der Waals surface area contributed by atoms with Crippen molar-refractivity contribution < 1.29 is 4.74 Å². The van der Waals surface area contributed by atoms with Crippen LogP contribution in [0.4, 0.5) is 5.82 Å². The van der Waals surface area contributed by atoms with Gasteiger partial charge in [-0.2, -0.15) is 0 Å². The summed E-state index contributed by atoms with van der Waals surface area (Å²) >= 11 is 11.9. The minimum atomic E-state index is 0.320. The second-order valence-electron chi connectivity index (χ2n) is 4.56. The molecule has 0 bridgehead atoms. The Balaban J connectivity index is 2.07. The molecule has 2 heterocycles. The molecule has 0 N–H and O–H groups in total. The quantitative estimate of drug-likeness (QED) is 0.631. The molecule has 2 rings (SSSR count). The fraction of sp³-hybridized carbons (Fsp3) is 0.667. The predicted octanol–water partition coefficient (Wildman–Crippen LogP) is 2.73. The molecule has 1 atom stereocenters. The Morgan fingerprint density at radius 3 is 3.00 bits per heavy atom. The molecule has 4 nitrogen and oxygen atoms in total. The Kier molecular flexibility index (Phi) is 5.03. The molecule has 0 amide bonds. The predicted molar refractivity (Wildman–Crippen MR) is 73.4 cm³/mol. The Hall–Kier alpha value is -0.580. The maximum absolute atomic E-state index is 6.03. The molecule has 1 aromatic heterocycles.